The van der Waals surface area contributed by atoms with E-state index in [4.69, 9.17) is 5.73 Å². The van der Waals surface area contributed by atoms with Gasteiger partial charge >= 0.3 is 0 Å². The van der Waals surface area contributed by atoms with Crippen LogP contribution in [-0.4, -0.2) is 59.1 Å². The summed E-state index contributed by atoms with van der Waals surface area (Å²) in [5.74, 6) is -1.00. The van der Waals surface area contributed by atoms with E-state index in [1.165, 1.54) is 25.7 Å². The van der Waals surface area contributed by atoms with Crippen molar-refractivity contribution < 1.29 is 19.2 Å². The van der Waals surface area contributed by atoms with Gasteiger partial charge in [0.15, 0.2) is 0 Å². The normalized spacial score (nSPS) is 31.1. The van der Waals surface area contributed by atoms with Crippen LogP contribution in [0.4, 0.5) is 0 Å². The van der Waals surface area contributed by atoms with Crippen LogP contribution in [0, 0.1) is 29.1 Å². The van der Waals surface area contributed by atoms with Crippen LogP contribution in [0.15, 0.2) is 0 Å². The van der Waals surface area contributed by atoms with Gasteiger partial charge in [0.2, 0.25) is 17.6 Å². The molecule has 1 heterocycles. The first-order valence-electron chi connectivity index (χ1n) is 15.4. The lowest BCUT2D eigenvalue weighted by Crippen LogP contribution is -2.60. The Hall–Kier alpha value is -1.96. The van der Waals surface area contributed by atoms with Crippen LogP contribution in [0.5, 0.6) is 0 Å². The summed E-state index contributed by atoms with van der Waals surface area (Å²) >= 11 is 0. The first kappa shape index (κ1) is 27.6. The smallest absolute Gasteiger partial charge is 0.287 e. The minimum Gasteiger partial charge on any atom is -0.363 e. The van der Waals surface area contributed by atoms with Crippen molar-refractivity contribution in [1.29, 1.82) is 0 Å². The highest BCUT2D eigenvalue weighted by Crippen LogP contribution is 2.65. The molecule has 8 heteroatoms. The summed E-state index contributed by atoms with van der Waals surface area (Å²) in [6, 6.07) is -1.41. The lowest BCUT2D eigenvalue weighted by Gasteiger charge is -2.39. The third kappa shape index (κ3) is 5.52. The second-order valence-electron chi connectivity index (χ2n) is 13.6. The van der Waals surface area contributed by atoms with Crippen molar-refractivity contribution in [3.8, 4) is 0 Å². The van der Waals surface area contributed by atoms with Crippen LogP contribution in [0.1, 0.15) is 104 Å². The number of nitrogens with zero attached hydrogens (tertiary/aromatic N) is 1. The number of hydrogen-bond acceptors (Lipinski definition) is 5. The fourth-order valence-electron chi connectivity index (χ4n) is 8.11. The highest BCUT2D eigenvalue weighted by Gasteiger charge is 2.69. The molecule has 5 fully saturated rings. The van der Waals surface area contributed by atoms with Crippen molar-refractivity contribution in [2.24, 2.45) is 34.8 Å². The van der Waals surface area contributed by atoms with Gasteiger partial charge in [-0.15, -0.1) is 0 Å². The molecule has 0 bridgehead atoms. The van der Waals surface area contributed by atoms with Crippen molar-refractivity contribution in [3.63, 3.8) is 0 Å². The van der Waals surface area contributed by atoms with Crippen molar-refractivity contribution >= 4 is 23.5 Å². The molecule has 0 aromatic heterocycles. The second-order valence-corrected chi connectivity index (χ2v) is 13.6. The Kier molecular flexibility index (Phi) is 8.18. The molecular weight excluding hydrogens is 480 g/mol. The summed E-state index contributed by atoms with van der Waals surface area (Å²) in [5.41, 5.74) is 5.33. The number of Topliss-reactive ketones (excluding diaryl/α,β-unsaturated/α-hetero) is 1. The fraction of sp³-hybridized carbons (Fsp3) is 0.867. The lowest BCUT2D eigenvalue weighted by molar-refractivity contribution is -0.145. The highest BCUT2D eigenvalue weighted by molar-refractivity contribution is 6.37. The Bertz CT molecular complexity index is 919. The van der Waals surface area contributed by atoms with Crippen LogP contribution in [0.3, 0.4) is 0 Å². The number of rotatable bonds is 10. The van der Waals surface area contributed by atoms with Gasteiger partial charge in [-0.1, -0.05) is 71.6 Å². The maximum atomic E-state index is 14.3. The van der Waals surface area contributed by atoms with Crippen molar-refractivity contribution in [1.82, 2.24) is 15.5 Å². The molecule has 4 saturated carbocycles. The molecule has 0 radical (unpaired) electrons. The van der Waals surface area contributed by atoms with Gasteiger partial charge in [0.1, 0.15) is 6.04 Å². The molecule has 3 amide bonds. The van der Waals surface area contributed by atoms with Gasteiger partial charge in [0.05, 0.1) is 12.1 Å². The topological polar surface area (TPSA) is 122 Å². The number of nitrogens with two attached hydrogens (primary N) is 1. The Morgan fingerprint density at radius 2 is 1.53 bits per heavy atom. The van der Waals surface area contributed by atoms with Gasteiger partial charge in [-0.05, 0) is 61.2 Å². The third-order valence-electron chi connectivity index (χ3n) is 10.8. The summed E-state index contributed by atoms with van der Waals surface area (Å²) in [7, 11) is 0. The zero-order valence-electron chi connectivity index (χ0n) is 23.4. The average molecular weight is 529 g/mol. The third-order valence-corrected chi connectivity index (χ3v) is 10.8. The summed E-state index contributed by atoms with van der Waals surface area (Å²) in [6.07, 6.45) is 15.1. The average Bonchev–Trinajstić information content (AvgIpc) is 3.21. The molecular formula is C30H48N4O4. The molecule has 0 aromatic rings. The zero-order chi connectivity index (χ0) is 27.0. The van der Waals surface area contributed by atoms with E-state index in [0.717, 1.165) is 57.8 Å². The molecule has 4 aliphatic carbocycles. The fourth-order valence-corrected chi connectivity index (χ4v) is 8.11. The summed E-state index contributed by atoms with van der Waals surface area (Å²) in [4.78, 5) is 54.5. The van der Waals surface area contributed by atoms with E-state index in [0.29, 0.717) is 30.8 Å². The number of piperidine rings is 1. The molecule has 3 unspecified atom stereocenters. The SMILES string of the molecule is CC1(C)C2C(C(=O)NC(CC3CCC3)C(=O)C(N)=O)N(C(=O)[C@@H](NC3CCCCC3)C3CCCCC3)C[C@H]21. The van der Waals surface area contributed by atoms with E-state index < -0.39 is 23.8 Å². The number of carbonyl (C=O) groups is 4. The lowest BCUT2D eigenvalue weighted by atomic mass is 9.80. The maximum absolute atomic E-state index is 14.3. The largest absolute Gasteiger partial charge is 0.363 e. The van der Waals surface area contributed by atoms with Crippen LogP contribution in [0.25, 0.3) is 0 Å². The molecule has 212 valence electrons. The molecule has 5 rings (SSSR count). The minimum absolute atomic E-state index is 0.0207. The van der Waals surface area contributed by atoms with Gasteiger partial charge in [-0.25, -0.2) is 0 Å². The quantitative estimate of drug-likeness (QED) is 0.376. The number of carbonyl (C=O) groups excluding carboxylic acids is 4. The summed E-state index contributed by atoms with van der Waals surface area (Å²) < 4.78 is 0. The molecule has 0 spiro atoms. The number of amides is 3. The Morgan fingerprint density at radius 3 is 2.11 bits per heavy atom. The monoisotopic (exact) mass is 528 g/mol. The van der Waals surface area contributed by atoms with Gasteiger partial charge < -0.3 is 21.3 Å². The van der Waals surface area contributed by atoms with E-state index >= 15 is 0 Å². The Balaban J connectivity index is 1.35. The standard InChI is InChI=1S/C30H48N4O4/c1-30(2)21-17-34(29(38)24(19-12-5-3-6-13-19)32-20-14-7-4-8-15-20)25(23(21)30)28(37)33-22(26(35)27(31)36)16-18-10-9-11-18/h18-25,32H,3-17H2,1-2H3,(H2,31,36)(H,33,37)/t21-,22?,23?,24+,25?/m1/s1. The molecule has 5 aliphatic rings. The predicted molar refractivity (Wildman–Crippen MR) is 145 cm³/mol. The van der Waals surface area contributed by atoms with Crippen LogP contribution in [-0.2, 0) is 19.2 Å². The van der Waals surface area contributed by atoms with Gasteiger partial charge in [0.25, 0.3) is 5.91 Å². The number of ketones is 1. The summed E-state index contributed by atoms with van der Waals surface area (Å²) in [6.45, 7) is 4.93. The first-order chi connectivity index (χ1) is 18.2. The Morgan fingerprint density at radius 1 is 0.895 bits per heavy atom. The number of fused-ring (bicyclic) bond motifs is 1. The van der Waals surface area contributed by atoms with Crippen LogP contribution < -0.4 is 16.4 Å². The van der Waals surface area contributed by atoms with Crippen LogP contribution >= 0.6 is 0 Å². The van der Waals surface area contributed by atoms with Gasteiger partial charge in [-0.3, -0.25) is 19.2 Å². The molecule has 1 aliphatic heterocycles. The van der Waals surface area contributed by atoms with Crippen molar-refractivity contribution in [3.05, 3.63) is 0 Å². The van der Waals surface area contributed by atoms with E-state index in [9.17, 15) is 19.2 Å². The maximum Gasteiger partial charge on any atom is 0.287 e. The number of likely N-dealkylation sites (tertiary alicyclic amines) is 1. The number of hydrogen-bond donors (Lipinski definition) is 3. The molecule has 4 N–H and O–H groups in total. The summed E-state index contributed by atoms with van der Waals surface area (Å²) in [5, 5.41) is 6.70. The Labute approximate surface area is 227 Å². The molecule has 5 atom stereocenters. The predicted octanol–water partition coefficient (Wildman–Crippen LogP) is 3.07. The number of nitrogens with one attached hydrogen (secondary N) is 2. The zero-order valence-corrected chi connectivity index (χ0v) is 23.4. The minimum atomic E-state index is -1.01. The molecule has 38 heavy (non-hydrogen) atoms. The van der Waals surface area contributed by atoms with Crippen molar-refractivity contribution in [2.45, 2.75) is 128 Å². The van der Waals surface area contributed by atoms with Gasteiger partial charge in [-0.2, -0.15) is 0 Å². The second kappa shape index (κ2) is 11.3. The molecule has 0 aromatic carbocycles. The first-order valence-corrected chi connectivity index (χ1v) is 15.4. The van der Waals surface area contributed by atoms with E-state index in [1.807, 2.05) is 4.90 Å². The van der Waals surface area contributed by atoms with Crippen molar-refractivity contribution in [2.75, 3.05) is 6.54 Å². The van der Waals surface area contributed by atoms with Gasteiger partial charge in [0, 0.05) is 12.6 Å². The van der Waals surface area contributed by atoms with E-state index in [-0.39, 0.29) is 35.1 Å². The molecule has 1 saturated heterocycles. The highest BCUT2D eigenvalue weighted by atomic mass is 16.2. The number of primary amides is 1. The van der Waals surface area contributed by atoms with E-state index in [1.54, 1.807) is 0 Å². The van der Waals surface area contributed by atoms with E-state index in [2.05, 4.69) is 24.5 Å². The van der Waals surface area contributed by atoms with Crippen LogP contribution in [0.2, 0.25) is 0 Å². The molecule has 8 nitrogen and oxygen atoms in total.